The molecule has 4 atom stereocenters. The standard InChI is InChI=1S/C47H54I9N9O19/c1-62(8-17(72)11-66)44(81)25-29(48)23(32(51)38(34(25)53)59-21(76)15-70)42(79)57-4-6-65(47(84)28-31(50)27(46(83)64(3)10-19(74)13-68)36(55)40(37(28)56)61-41(78)20(75)14-69)7-5-58-43(80)24-30(49)26(45(82)63(2)9-18(73)12-67)35(54)39(33(24)52)60-22(77)16-71/h17-20,66-75H,4-16H2,1-3H3,(H,57,79)(H,58,80)(H,59,76)(H,60,77)(H,61,78). The molecule has 9 amide bonds. The van der Waals surface area contributed by atoms with Crippen molar-refractivity contribution in [3.05, 3.63) is 65.5 Å². The molecular formula is C47H54I9N9O19. The normalized spacial score (nSPS) is 12.5. The largest absolute Gasteiger partial charge is 0.394 e. The maximum atomic E-state index is 15.4. The number of hydrogen-bond donors (Lipinski definition) is 15. The van der Waals surface area contributed by atoms with Gasteiger partial charge < -0.3 is 97.2 Å². The maximum absolute atomic E-state index is 15.4. The quantitative estimate of drug-likeness (QED) is 0.0421. The van der Waals surface area contributed by atoms with Gasteiger partial charge in [-0.2, -0.15) is 0 Å². The number of aliphatic hydroxyl groups is 10. The van der Waals surface area contributed by atoms with E-state index < -0.39 is 150 Å². The lowest BCUT2D eigenvalue weighted by Crippen LogP contribution is -2.44. The topological polar surface area (TPSA) is 429 Å². The van der Waals surface area contributed by atoms with Crippen molar-refractivity contribution >= 4 is 274 Å². The van der Waals surface area contributed by atoms with Crippen molar-refractivity contribution in [1.29, 1.82) is 0 Å². The van der Waals surface area contributed by atoms with Gasteiger partial charge in [0.05, 0.1) is 117 Å². The van der Waals surface area contributed by atoms with Crippen LogP contribution in [-0.4, -0.2) is 255 Å². The first-order valence-corrected chi connectivity index (χ1v) is 33.6. The Bertz CT molecular complexity index is 2910. The molecule has 3 aromatic carbocycles. The van der Waals surface area contributed by atoms with Gasteiger partial charge in [-0.1, -0.05) is 0 Å². The van der Waals surface area contributed by atoms with Gasteiger partial charge in [0, 0.05) is 77.7 Å². The Hall–Kier alpha value is -0.940. The van der Waals surface area contributed by atoms with Gasteiger partial charge in [0.15, 0.2) is 6.10 Å². The van der Waals surface area contributed by atoms with Crippen molar-refractivity contribution in [1.82, 2.24) is 30.2 Å². The summed E-state index contributed by atoms with van der Waals surface area (Å²) in [6.45, 7) is -7.80. The predicted octanol–water partition coefficient (Wildman–Crippen LogP) is -0.141. The first kappa shape index (κ1) is 77.3. The van der Waals surface area contributed by atoms with Crippen LogP contribution in [-0.2, 0) is 14.4 Å². The van der Waals surface area contributed by atoms with E-state index >= 15 is 4.79 Å². The van der Waals surface area contributed by atoms with E-state index in [0.717, 1.165) is 19.6 Å². The Morgan fingerprint density at radius 2 is 0.667 bits per heavy atom. The number of aliphatic hydroxyl groups excluding tert-OH is 10. The molecule has 0 radical (unpaired) electrons. The van der Waals surface area contributed by atoms with Crippen LogP contribution >= 0.6 is 203 Å². The average molecular weight is 2190 g/mol. The van der Waals surface area contributed by atoms with Gasteiger partial charge in [-0.05, 0) is 203 Å². The number of anilines is 3. The number of rotatable bonds is 28. The molecule has 0 spiro atoms. The smallest absolute Gasteiger partial charge is 0.256 e. The lowest BCUT2D eigenvalue weighted by atomic mass is 10.1. The highest BCUT2D eigenvalue weighted by Gasteiger charge is 2.36. The third kappa shape index (κ3) is 19.5. The minimum atomic E-state index is -1.97. The Kier molecular flexibility index (Phi) is 33.3. The lowest BCUT2D eigenvalue weighted by molar-refractivity contribution is -0.125. The van der Waals surface area contributed by atoms with Crippen LogP contribution in [0.25, 0.3) is 0 Å². The van der Waals surface area contributed by atoms with Crippen LogP contribution < -0.4 is 26.6 Å². The molecule has 4 unspecified atom stereocenters. The van der Waals surface area contributed by atoms with Gasteiger partial charge in [-0.25, -0.2) is 0 Å². The summed E-state index contributed by atoms with van der Waals surface area (Å²) in [4.78, 5) is 129. The number of carbonyl (C=O) groups is 9. The van der Waals surface area contributed by atoms with Crippen molar-refractivity contribution in [3.63, 3.8) is 0 Å². The zero-order valence-electron chi connectivity index (χ0n) is 43.8. The molecule has 3 rings (SSSR count). The van der Waals surface area contributed by atoms with E-state index in [0.29, 0.717) is 0 Å². The van der Waals surface area contributed by atoms with E-state index in [-0.39, 0.29) is 95.7 Å². The van der Waals surface area contributed by atoms with Crippen molar-refractivity contribution in [2.45, 2.75) is 24.4 Å². The predicted molar refractivity (Wildman–Crippen MR) is 378 cm³/mol. The second-order valence-electron chi connectivity index (χ2n) is 17.7. The summed E-state index contributed by atoms with van der Waals surface area (Å²) in [5, 5.41) is 111. The molecule has 15 N–H and O–H groups in total. The molecule has 0 fully saturated rings. The van der Waals surface area contributed by atoms with Gasteiger partial charge in [0.1, 0.15) is 13.2 Å². The monoisotopic (exact) mass is 2190 g/mol. The van der Waals surface area contributed by atoms with E-state index in [9.17, 15) is 89.4 Å². The molecule has 0 saturated heterocycles. The molecule has 0 bridgehead atoms. The molecule has 3 aromatic rings. The molecule has 464 valence electrons. The summed E-state index contributed by atoms with van der Waals surface area (Å²) in [5.74, 6) is -7.79. The second kappa shape index (κ2) is 36.2. The fraction of sp³-hybridized carbons (Fsp3) is 0.426. The van der Waals surface area contributed by atoms with Crippen molar-refractivity contribution in [3.8, 4) is 0 Å². The first-order chi connectivity index (χ1) is 39.3. The molecule has 0 aliphatic rings. The highest BCUT2D eigenvalue weighted by molar-refractivity contribution is 14.1. The van der Waals surface area contributed by atoms with Crippen LogP contribution in [0.1, 0.15) is 62.1 Å². The SMILES string of the molecule is CN(CC(O)CO)C(=O)c1c(I)c(NC(=O)CO)c(I)c(C(=O)NCCN(CCNC(=O)c2c(I)c(NC(=O)CO)c(I)c(C(=O)N(C)CC(O)CO)c2I)C(=O)c2c(I)c(NC(=O)C(O)CO)c(I)c(C(=O)N(C)CC(O)CO)c2I)c1I. The van der Waals surface area contributed by atoms with Gasteiger partial charge in [0.2, 0.25) is 11.8 Å². The summed E-state index contributed by atoms with van der Waals surface area (Å²) in [6.07, 6.45) is -6.04. The Labute approximate surface area is 602 Å². The molecule has 84 heavy (non-hydrogen) atoms. The van der Waals surface area contributed by atoms with Crippen LogP contribution in [0.15, 0.2) is 0 Å². The number of carbonyl (C=O) groups excluding carboxylic acids is 9. The number of nitrogens with zero attached hydrogens (tertiary/aromatic N) is 4. The Morgan fingerprint density at radius 1 is 0.393 bits per heavy atom. The summed E-state index contributed by atoms with van der Waals surface area (Å²) >= 11 is 15.8. The van der Waals surface area contributed by atoms with Crippen molar-refractivity contribution in [2.24, 2.45) is 0 Å². The Morgan fingerprint density at radius 3 is 0.952 bits per heavy atom. The Balaban J connectivity index is 2.33. The van der Waals surface area contributed by atoms with E-state index in [1.54, 1.807) is 203 Å². The van der Waals surface area contributed by atoms with E-state index in [2.05, 4.69) is 26.6 Å². The third-order valence-electron chi connectivity index (χ3n) is 11.5. The molecule has 0 aromatic heterocycles. The zero-order chi connectivity index (χ0) is 63.9. The van der Waals surface area contributed by atoms with E-state index in [1.165, 1.54) is 21.1 Å². The number of amides is 9. The molecule has 28 nitrogen and oxygen atoms in total. The number of likely N-dealkylation sites (N-methyl/N-ethyl adjacent to an activating group) is 3. The van der Waals surface area contributed by atoms with Gasteiger partial charge in [-0.15, -0.1) is 0 Å². The molecular weight excluding hydrogens is 2140 g/mol. The van der Waals surface area contributed by atoms with Crippen LogP contribution in [0, 0.1) is 32.1 Å². The van der Waals surface area contributed by atoms with Gasteiger partial charge in [0.25, 0.3) is 41.4 Å². The van der Waals surface area contributed by atoms with Crippen LogP contribution in [0.4, 0.5) is 17.1 Å². The summed E-state index contributed by atoms with van der Waals surface area (Å²) < 4.78 is 0.713. The van der Waals surface area contributed by atoms with Crippen LogP contribution in [0.5, 0.6) is 0 Å². The molecule has 0 heterocycles. The third-order valence-corrected chi connectivity index (χ3v) is 21.3. The van der Waals surface area contributed by atoms with Crippen molar-refractivity contribution in [2.75, 3.05) is 123 Å². The number of benzene rings is 3. The number of nitrogens with one attached hydrogen (secondary N) is 5. The average Bonchev–Trinajstić information content (AvgIpc) is 1.19. The fourth-order valence-corrected chi connectivity index (χ4v) is 20.5. The summed E-state index contributed by atoms with van der Waals surface area (Å²) in [5.41, 5.74) is -1.15. The highest BCUT2D eigenvalue weighted by Crippen LogP contribution is 2.40. The molecule has 0 aliphatic carbocycles. The van der Waals surface area contributed by atoms with Gasteiger partial charge >= 0.3 is 0 Å². The minimum absolute atomic E-state index is 0.000745. The minimum Gasteiger partial charge on any atom is -0.394 e. The zero-order valence-corrected chi connectivity index (χ0v) is 63.3. The fourth-order valence-electron chi connectivity index (χ4n) is 7.32. The van der Waals surface area contributed by atoms with Crippen LogP contribution in [0.3, 0.4) is 0 Å². The number of halogens is 9. The van der Waals surface area contributed by atoms with Crippen molar-refractivity contribution < 1.29 is 94.2 Å². The number of hydrogen-bond acceptors (Lipinski definition) is 19. The van der Waals surface area contributed by atoms with E-state index in [1.807, 2.05) is 0 Å². The highest BCUT2D eigenvalue weighted by atomic mass is 127. The second-order valence-corrected chi connectivity index (χ2v) is 27.4. The molecule has 0 aliphatic heterocycles. The lowest BCUT2D eigenvalue weighted by Gasteiger charge is -2.28. The van der Waals surface area contributed by atoms with Gasteiger partial charge in [-0.3, -0.25) is 43.2 Å². The molecule has 37 heteroatoms. The summed E-state index contributed by atoms with van der Waals surface area (Å²) in [6, 6.07) is 0. The van der Waals surface area contributed by atoms with E-state index in [4.69, 9.17) is 0 Å². The molecule has 0 saturated carbocycles. The summed E-state index contributed by atoms with van der Waals surface area (Å²) in [7, 11) is 3.97. The maximum Gasteiger partial charge on any atom is 0.256 e. The van der Waals surface area contributed by atoms with Crippen LogP contribution in [0.2, 0.25) is 0 Å². The first-order valence-electron chi connectivity index (χ1n) is 23.8.